The summed E-state index contributed by atoms with van der Waals surface area (Å²) in [5, 5.41) is 0.738. The van der Waals surface area contributed by atoms with Gasteiger partial charge in [-0.05, 0) is 38.0 Å². The summed E-state index contributed by atoms with van der Waals surface area (Å²) < 4.78 is 0. The van der Waals surface area contributed by atoms with Gasteiger partial charge >= 0.3 is 0 Å². The minimum Gasteiger partial charge on any atom is -0.369 e. The summed E-state index contributed by atoms with van der Waals surface area (Å²) in [6.07, 6.45) is 1.63. The third-order valence-corrected chi connectivity index (χ3v) is 5.76. The van der Waals surface area contributed by atoms with E-state index in [2.05, 4.69) is 15.9 Å². The fourth-order valence-corrected chi connectivity index (χ4v) is 4.05. The molecule has 2 heterocycles. The van der Waals surface area contributed by atoms with E-state index in [4.69, 9.17) is 17.3 Å². The number of piperazine rings is 1. The first-order valence-corrected chi connectivity index (χ1v) is 9.66. The highest BCUT2D eigenvalue weighted by Gasteiger charge is 2.32. The summed E-state index contributed by atoms with van der Waals surface area (Å²) in [6, 6.07) is 7.70. The van der Waals surface area contributed by atoms with Crippen LogP contribution in [0.25, 0.3) is 0 Å². The Bertz CT molecular complexity index is 661. The van der Waals surface area contributed by atoms with Crippen molar-refractivity contribution in [2.24, 2.45) is 11.7 Å². The zero-order chi connectivity index (χ0) is 18.7. The molecule has 2 fully saturated rings. The largest absolute Gasteiger partial charge is 0.369 e. The number of halogens is 1. The summed E-state index contributed by atoms with van der Waals surface area (Å²) in [5.74, 6) is -0.406. The van der Waals surface area contributed by atoms with Crippen molar-refractivity contribution in [1.29, 1.82) is 0 Å². The number of carbonyl (C=O) groups excluding carboxylic acids is 2. The van der Waals surface area contributed by atoms with Crippen molar-refractivity contribution in [3.8, 4) is 0 Å². The lowest BCUT2D eigenvalue weighted by Gasteiger charge is -2.41. The van der Waals surface area contributed by atoms with Crippen LogP contribution < -0.4 is 10.6 Å². The number of carbonyl (C=O) groups is 2. The Morgan fingerprint density at radius 3 is 2.58 bits per heavy atom. The molecule has 2 saturated heterocycles. The Labute approximate surface area is 159 Å². The fourth-order valence-electron chi connectivity index (χ4n) is 3.87. The van der Waals surface area contributed by atoms with E-state index in [1.54, 1.807) is 0 Å². The molecular weight excluding hydrogens is 352 g/mol. The van der Waals surface area contributed by atoms with E-state index in [9.17, 15) is 9.59 Å². The van der Waals surface area contributed by atoms with Gasteiger partial charge in [0.05, 0.1) is 12.0 Å². The topological polar surface area (TPSA) is 69.9 Å². The van der Waals surface area contributed by atoms with Gasteiger partial charge in [0.1, 0.15) is 0 Å². The van der Waals surface area contributed by atoms with Crippen LogP contribution >= 0.6 is 11.6 Å². The molecule has 26 heavy (non-hydrogen) atoms. The van der Waals surface area contributed by atoms with Gasteiger partial charge in [-0.2, -0.15) is 0 Å². The van der Waals surface area contributed by atoms with E-state index in [-0.39, 0.29) is 23.8 Å². The molecular formula is C19H27ClN4O2. The van der Waals surface area contributed by atoms with Crippen molar-refractivity contribution in [2.45, 2.75) is 25.8 Å². The molecule has 0 spiro atoms. The predicted octanol–water partition coefficient (Wildman–Crippen LogP) is 1.57. The number of hydrogen-bond acceptors (Lipinski definition) is 4. The summed E-state index contributed by atoms with van der Waals surface area (Å²) in [7, 11) is 0. The number of anilines is 1. The monoisotopic (exact) mass is 378 g/mol. The highest BCUT2D eigenvalue weighted by Crippen LogP contribution is 2.22. The van der Waals surface area contributed by atoms with Crippen molar-refractivity contribution >= 4 is 29.1 Å². The molecule has 0 saturated carbocycles. The van der Waals surface area contributed by atoms with Crippen LogP contribution in [0.2, 0.25) is 5.02 Å². The van der Waals surface area contributed by atoms with Crippen molar-refractivity contribution < 1.29 is 9.59 Å². The molecule has 0 bridgehead atoms. The van der Waals surface area contributed by atoms with Gasteiger partial charge in [0, 0.05) is 50.0 Å². The van der Waals surface area contributed by atoms with Crippen molar-refractivity contribution in [3.05, 3.63) is 29.3 Å². The molecule has 7 heteroatoms. The standard InChI is InChI=1S/C19H27ClN4O2/c1-14(19(26)24-7-3-4-15(13-24)18(21)25)22-8-10-23(11-9-22)17-6-2-5-16(20)12-17/h2,5-6,12,14-15H,3-4,7-11,13H2,1H3,(H2,21,25)/t14-,15-/m0/s1. The first-order valence-electron chi connectivity index (χ1n) is 9.28. The maximum Gasteiger partial charge on any atom is 0.239 e. The maximum absolute atomic E-state index is 12.9. The average Bonchev–Trinajstić information content (AvgIpc) is 2.67. The Hall–Kier alpha value is -1.79. The molecule has 6 nitrogen and oxygen atoms in total. The zero-order valence-corrected chi connectivity index (χ0v) is 16.0. The third kappa shape index (κ3) is 4.30. The van der Waals surface area contributed by atoms with E-state index in [1.807, 2.05) is 30.0 Å². The molecule has 1 aromatic carbocycles. The molecule has 0 radical (unpaired) electrons. The fraction of sp³-hybridized carbons (Fsp3) is 0.579. The minimum absolute atomic E-state index is 0.104. The molecule has 0 unspecified atom stereocenters. The highest BCUT2D eigenvalue weighted by molar-refractivity contribution is 6.30. The van der Waals surface area contributed by atoms with Gasteiger partial charge in [0.2, 0.25) is 11.8 Å². The number of benzene rings is 1. The van der Waals surface area contributed by atoms with Crippen LogP contribution in [0.5, 0.6) is 0 Å². The van der Waals surface area contributed by atoms with Gasteiger partial charge in [-0.25, -0.2) is 0 Å². The lowest BCUT2D eigenvalue weighted by molar-refractivity contribution is -0.139. The number of amides is 2. The molecule has 2 N–H and O–H groups in total. The first kappa shape index (κ1) is 19.0. The third-order valence-electron chi connectivity index (χ3n) is 5.53. The quantitative estimate of drug-likeness (QED) is 0.863. The molecule has 142 valence electrons. The molecule has 0 aliphatic carbocycles. The number of rotatable bonds is 4. The lowest BCUT2D eigenvalue weighted by atomic mass is 9.97. The molecule has 0 aromatic heterocycles. The SMILES string of the molecule is C[C@@H](C(=O)N1CCC[C@H](C(N)=O)C1)N1CCN(c2cccc(Cl)c2)CC1. The maximum atomic E-state index is 12.9. The molecule has 2 atom stereocenters. The molecule has 2 aliphatic rings. The van der Waals surface area contributed by atoms with Crippen LogP contribution in [0.1, 0.15) is 19.8 Å². The average molecular weight is 379 g/mol. The van der Waals surface area contributed by atoms with Crippen LogP contribution in [0.3, 0.4) is 0 Å². The normalized spacial score (nSPS) is 22.9. The number of nitrogens with zero attached hydrogens (tertiary/aromatic N) is 3. The Morgan fingerprint density at radius 2 is 1.92 bits per heavy atom. The van der Waals surface area contributed by atoms with E-state index in [0.29, 0.717) is 6.54 Å². The van der Waals surface area contributed by atoms with Crippen LogP contribution in [0.4, 0.5) is 5.69 Å². The van der Waals surface area contributed by atoms with Gasteiger partial charge in [-0.15, -0.1) is 0 Å². The van der Waals surface area contributed by atoms with Gasteiger partial charge in [-0.3, -0.25) is 14.5 Å². The van der Waals surface area contributed by atoms with Gasteiger partial charge in [0.15, 0.2) is 0 Å². The van der Waals surface area contributed by atoms with E-state index >= 15 is 0 Å². The lowest BCUT2D eigenvalue weighted by Crippen LogP contribution is -2.56. The molecule has 3 rings (SSSR count). The molecule has 2 amide bonds. The van der Waals surface area contributed by atoms with Gasteiger partial charge in [-0.1, -0.05) is 17.7 Å². The summed E-state index contributed by atoms with van der Waals surface area (Å²) in [5.41, 5.74) is 6.55. The Morgan fingerprint density at radius 1 is 1.19 bits per heavy atom. The molecule has 2 aliphatic heterocycles. The predicted molar refractivity (Wildman–Crippen MR) is 103 cm³/mol. The highest BCUT2D eigenvalue weighted by atomic mass is 35.5. The smallest absolute Gasteiger partial charge is 0.239 e. The minimum atomic E-state index is -0.301. The van der Waals surface area contributed by atoms with Crippen molar-refractivity contribution in [3.63, 3.8) is 0 Å². The van der Waals surface area contributed by atoms with Crippen molar-refractivity contribution in [2.75, 3.05) is 44.2 Å². The van der Waals surface area contributed by atoms with E-state index in [0.717, 1.165) is 56.3 Å². The Kier molecular flexibility index (Phi) is 6.04. The Balaban J connectivity index is 1.55. The van der Waals surface area contributed by atoms with Gasteiger partial charge in [0.25, 0.3) is 0 Å². The first-order chi connectivity index (χ1) is 12.5. The van der Waals surface area contributed by atoms with Crippen molar-refractivity contribution in [1.82, 2.24) is 9.80 Å². The number of primary amides is 1. The molecule has 1 aromatic rings. The zero-order valence-electron chi connectivity index (χ0n) is 15.2. The van der Waals surface area contributed by atoms with Crippen LogP contribution in [-0.2, 0) is 9.59 Å². The van der Waals surface area contributed by atoms with Gasteiger partial charge < -0.3 is 15.5 Å². The summed E-state index contributed by atoms with van der Waals surface area (Å²) in [4.78, 5) is 30.6. The van der Waals surface area contributed by atoms with Crippen LogP contribution in [0.15, 0.2) is 24.3 Å². The second-order valence-corrected chi connectivity index (χ2v) is 7.64. The summed E-state index contributed by atoms with van der Waals surface area (Å²) in [6.45, 7) is 6.52. The number of piperidine rings is 1. The van der Waals surface area contributed by atoms with Crippen LogP contribution in [-0.4, -0.2) is 66.9 Å². The second kappa shape index (κ2) is 8.27. The van der Waals surface area contributed by atoms with E-state index in [1.165, 1.54) is 0 Å². The van der Waals surface area contributed by atoms with Crippen LogP contribution in [0, 0.1) is 5.92 Å². The summed E-state index contributed by atoms with van der Waals surface area (Å²) >= 11 is 6.08. The van der Waals surface area contributed by atoms with E-state index < -0.39 is 0 Å². The number of nitrogens with two attached hydrogens (primary N) is 1. The number of hydrogen-bond donors (Lipinski definition) is 1. The number of likely N-dealkylation sites (tertiary alicyclic amines) is 1. The second-order valence-electron chi connectivity index (χ2n) is 7.20.